The molecule has 1 N–H and O–H groups in total. The van der Waals surface area contributed by atoms with Crippen LogP contribution in [0.5, 0.6) is 0 Å². The van der Waals surface area contributed by atoms with Crippen LogP contribution in [0.3, 0.4) is 0 Å². The van der Waals surface area contributed by atoms with E-state index in [1.165, 1.54) is 22.3 Å². The minimum Gasteiger partial charge on any atom is -0.381 e. The highest BCUT2D eigenvalue weighted by Crippen LogP contribution is 2.23. The Morgan fingerprint density at radius 3 is 2.20 bits per heavy atom. The first-order valence-electron chi connectivity index (χ1n) is 7.80. The molecule has 1 unspecified atom stereocenters. The van der Waals surface area contributed by atoms with Gasteiger partial charge in [0.1, 0.15) is 0 Å². The first kappa shape index (κ1) is 17.2. The molecule has 20 heavy (non-hydrogen) atoms. The van der Waals surface area contributed by atoms with E-state index in [1.54, 1.807) is 0 Å². The molecule has 0 aliphatic rings. The van der Waals surface area contributed by atoms with Gasteiger partial charge < -0.3 is 10.1 Å². The molecule has 0 amide bonds. The predicted octanol–water partition coefficient (Wildman–Crippen LogP) is 4.33. The smallest absolute Gasteiger partial charge is 0.0489 e. The Labute approximate surface area is 124 Å². The summed E-state index contributed by atoms with van der Waals surface area (Å²) in [6.45, 7) is 15.9. The Morgan fingerprint density at radius 2 is 1.65 bits per heavy atom. The number of hydrogen-bond acceptors (Lipinski definition) is 2. The zero-order valence-electron chi connectivity index (χ0n) is 14.0. The summed E-state index contributed by atoms with van der Waals surface area (Å²) in [6, 6.07) is 4.94. The maximum atomic E-state index is 5.61. The molecule has 0 radical (unpaired) electrons. The lowest BCUT2D eigenvalue weighted by Gasteiger charge is -2.20. The van der Waals surface area contributed by atoms with Gasteiger partial charge in [-0.2, -0.15) is 0 Å². The highest BCUT2D eigenvalue weighted by Gasteiger charge is 2.11. The standard InChI is InChI=1S/C18H31NO/c1-13(2)12-20-9-7-8-19-17(6)18-15(4)10-14(3)11-16(18)5/h10-11,13,17,19H,7-9,12H2,1-6H3. The molecule has 0 saturated heterocycles. The zero-order chi connectivity index (χ0) is 15.1. The lowest BCUT2D eigenvalue weighted by atomic mass is 9.95. The predicted molar refractivity (Wildman–Crippen MR) is 87.3 cm³/mol. The quantitative estimate of drug-likeness (QED) is 0.714. The van der Waals surface area contributed by atoms with Crippen LogP contribution in [0.15, 0.2) is 12.1 Å². The van der Waals surface area contributed by atoms with E-state index in [0.717, 1.165) is 26.2 Å². The van der Waals surface area contributed by atoms with Gasteiger partial charge in [0.05, 0.1) is 0 Å². The van der Waals surface area contributed by atoms with Gasteiger partial charge in [0.25, 0.3) is 0 Å². The normalized spacial score (nSPS) is 12.9. The molecule has 0 spiro atoms. The molecular formula is C18H31NO. The summed E-state index contributed by atoms with van der Waals surface area (Å²) in [6.07, 6.45) is 1.07. The molecule has 114 valence electrons. The van der Waals surface area contributed by atoms with Crippen molar-refractivity contribution < 1.29 is 4.74 Å². The fraction of sp³-hybridized carbons (Fsp3) is 0.667. The molecule has 0 aliphatic heterocycles. The van der Waals surface area contributed by atoms with Gasteiger partial charge in [0.2, 0.25) is 0 Å². The first-order valence-corrected chi connectivity index (χ1v) is 7.80. The van der Waals surface area contributed by atoms with Crippen LogP contribution < -0.4 is 5.32 Å². The molecule has 1 rings (SSSR count). The van der Waals surface area contributed by atoms with E-state index in [4.69, 9.17) is 4.74 Å². The summed E-state index contributed by atoms with van der Waals surface area (Å²) in [5, 5.41) is 3.61. The second-order valence-electron chi connectivity index (χ2n) is 6.31. The largest absolute Gasteiger partial charge is 0.381 e. The van der Waals surface area contributed by atoms with Crippen molar-refractivity contribution in [1.82, 2.24) is 5.32 Å². The van der Waals surface area contributed by atoms with Crippen LogP contribution in [0, 0.1) is 26.7 Å². The molecule has 0 aromatic heterocycles. The Hall–Kier alpha value is -0.860. The maximum Gasteiger partial charge on any atom is 0.0489 e. The zero-order valence-corrected chi connectivity index (χ0v) is 14.0. The van der Waals surface area contributed by atoms with Crippen molar-refractivity contribution in [3.05, 3.63) is 34.4 Å². The van der Waals surface area contributed by atoms with Crippen LogP contribution in [0.4, 0.5) is 0 Å². The van der Waals surface area contributed by atoms with Gasteiger partial charge in [0.15, 0.2) is 0 Å². The third-order valence-corrected chi connectivity index (χ3v) is 3.54. The number of rotatable bonds is 8. The van der Waals surface area contributed by atoms with Crippen LogP contribution in [-0.4, -0.2) is 19.8 Å². The van der Waals surface area contributed by atoms with Crippen molar-refractivity contribution in [2.75, 3.05) is 19.8 Å². The van der Waals surface area contributed by atoms with Gasteiger partial charge in [-0.1, -0.05) is 31.5 Å². The van der Waals surface area contributed by atoms with Crippen LogP contribution in [0.25, 0.3) is 0 Å². The number of aryl methyl sites for hydroxylation is 3. The van der Waals surface area contributed by atoms with E-state index >= 15 is 0 Å². The molecule has 2 nitrogen and oxygen atoms in total. The molecule has 0 heterocycles. The van der Waals surface area contributed by atoms with Gasteiger partial charge in [-0.15, -0.1) is 0 Å². The number of benzene rings is 1. The Balaban J connectivity index is 2.38. The van der Waals surface area contributed by atoms with Gasteiger partial charge in [-0.25, -0.2) is 0 Å². The molecule has 0 bridgehead atoms. The van der Waals surface area contributed by atoms with Crippen molar-refractivity contribution in [2.45, 2.75) is 54.0 Å². The highest BCUT2D eigenvalue weighted by atomic mass is 16.5. The molecule has 1 atom stereocenters. The molecule has 0 saturated carbocycles. The van der Waals surface area contributed by atoms with E-state index in [9.17, 15) is 0 Å². The van der Waals surface area contributed by atoms with Crippen LogP contribution in [0.2, 0.25) is 0 Å². The lowest BCUT2D eigenvalue weighted by Crippen LogP contribution is -2.22. The molecule has 0 aliphatic carbocycles. The minimum atomic E-state index is 0.403. The fourth-order valence-corrected chi connectivity index (χ4v) is 2.79. The van der Waals surface area contributed by atoms with Crippen molar-refractivity contribution in [1.29, 1.82) is 0 Å². The topological polar surface area (TPSA) is 21.3 Å². The van der Waals surface area contributed by atoms with Crippen molar-refractivity contribution in [3.8, 4) is 0 Å². The average molecular weight is 277 g/mol. The van der Waals surface area contributed by atoms with Crippen LogP contribution in [0.1, 0.15) is 55.5 Å². The molecular weight excluding hydrogens is 246 g/mol. The SMILES string of the molecule is Cc1cc(C)c(C(C)NCCCOCC(C)C)c(C)c1. The number of hydrogen-bond donors (Lipinski definition) is 1. The van der Waals surface area contributed by atoms with Gasteiger partial charge in [-0.3, -0.25) is 0 Å². The van der Waals surface area contributed by atoms with Crippen LogP contribution in [-0.2, 0) is 4.74 Å². The summed E-state index contributed by atoms with van der Waals surface area (Å²) in [5.41, 5.74) is 5.56. The Kier molecular flexibility index (Phi) is 7.25. The van der Waals surface area contributed by atoms with E-state index in [0.29, 0.717) is 12.0 Å². The Bertz CT molecular complexity index is 389. The lowest BCUT2D eigenvalue weighted by molar-refractivity contribution is 0.107. The van der Waals surface area contributed by atoms with E-state index in [1.807, 2.05) is 0 Å². The third-order valence-electron chi connectivity index (χ3n) is 3.54. The Morgan fingerprint density at radius 1 is 1.05 bits per heavy atom. The second-order valence-corrected chi connectivity index (χ2v) is 6.31. The minimum absolute atomic E-state index is 0.403. The summed E-state index contributed by atoms with van der Waals surface area (Å²) < 4.78 is 5.61. The second kappa shape index (κ2) is 8.43. The average Bonchev–Trinajstić information content (AvgIpc) is 2.31. The van der Waals surface area contributed by atoms with Crippen molar-refractivity contribution in [2.24, 2.45) is 5.92 Å². The van der Waals surface area contributed by atoms with Gasteiger partial charge in [0, 0.05) is 19.3 Å². The molecule has 1 aromatic rings. The monoisotopic (exact) mass is 277 g/mol. The number of nitrogens with one attached hydrogen (secondary N) is 1. The van der Waals surface area contributed by atoms with Crippen molar-refractivity contribution >= 4 is 0 Å². The van der Waals surface area contributed by atoms with E-state index < -0.39 is 0 Å². The van der Waals surface area contributed by atoms with Gasteiger partial charge in [-0.05, 0) is 63.3 Å². The third kappa shape index (κ3) is 5.64. The first-order chi connectivity index (χ1) is 9.41. The number of ether oxygens (including phenoxy) is 1. The summed E-state index contributed by atoms with van der Waals surface area (Å²) in [4.78, 5) is 0. The fourth-order valence-electron chi connectivity index (χ4n) is 2.79. The summed E-state index contributed by atoms with van der Waals surface area (Å²) >= 11 is 0. The maximum absolute atomic E-state index is 5.61. The van der Waals surface area contributed by atoms with Gasteiger partial charge >= 0.3 is 0 Å². The van der Waals surface area contributed by atoms with Crippen LogP contribution >= 0.6 is 0 Å². The molecule has 2 heteroatoms. The van der Waals surface area contributed by atoms with E-state index in [-0.39, 0.29) is 0 Å². The summed E-state index contributed by atoms with van der Waals surface area (Å²) in [5.74, 6) is 0.625. The van der Waals surface area contributed by atoms with E-state index in [2.05, 4.69) is 59.0 Å². The highest BCUT2D eigenvalue weighted by molar-refractivity contribution is 5.39. The molecule has 1 aromatic carbocycles. The molecule has 0 fully saturated rings. The van der Waals surface area contributed by atoms with Crippen molar-refractivity contribution in [3.63, 3.8) is 0 Å². The summed E-state index contributed by atoms with van der Waals surface area (Å²) in [7, 11) is 0.